The van der Waals surface area contributed by atoms with E-state index in [1.807, 2.05) is 78.9 Å². The highest BCUT2D eigenvalue weighted by molar-refractivity contribution is 5.94. The van der Waals surface area contributed by atoms with Crippen LogP contribution in [-0.4, -0.2) is 41.5 Å². The van der Waals surface area contributed by atoms with Crippen LogP contribution in [0.3, 0.4) is 0 Å². The molecule has 246 valence electrons. The molecule has 9 nitrogen and oxygen atoms in total. The molecule has 0 radical (unpaired) electrons. The fourth-order valence-electron chi connectivity index (χ4n) is 5.68. The molecule has 1 saturated heterocycles. The number of rotatable bonds is 14. The third-order valence-electron chi connectivity index (χ3n) is 8.18. The Kier molecular flexibility index (Phi) is 12.1. The van der Waals surface area contributed by atoms with Crippen molar-refractivity contribution in [2.75, 3.05) is 30.0 Å². The molecular formula is C38H44N4O5. The van der Waals surface area contributed by atoms with Gasteiger partial charge in [0.15, 0.2) is 6.29 Å². The molecule has 1 fully saturated rings. The number of aliphatic hydroxyl groups excluding tert-OH is 1. The molecule has 5 N–H and O–H groups in total. The summed E-state index contributed by atoms with van der Waals surface area (Å²) in [5.41, 5.74) is 11.7. The Morgan fingerprint density at radius 2 is 1.43 bits per heavy atom. The first-order valence-electron chi connectivity index (χ1n) is 16.1. The molecular weight excluding hydrogens is 592 g/mol. The van der Waals surface area contributed by atoms with Crippen molar-refractivity contribution in [3.8, 4) is 0 Å². The summed E-state index contributed by atoms with van der Waals surface area (Å²) in [7, 11) is 2.10. The van der Waals surface area contributed by atoms with Crippen molar-refractivity contribution in [2.24, 2.45) is 0 Å². The number of anilines is 3. The van der Waals surface area contributed by atoms with E-state index in [1.54, 1.807) is 12.1 Å². The zero-order valence-electron chi connectivity index (χ0n) is 26.8. The third kappa shape index (κ3) is 10.2. The summed E-state index contributed by atoms with van der Waals surface area (Å²) in [5.74, 6) is -0.232. The molecule has 5 rings (SSSR count). The molecule has 0 spiro atoms. The third-order valence-corrected chi connectivity index (χ3v) is 8.18. The van der Waals surface area contributed by atoms with Gasteiger partial charge in [-0.05, 0) is 60.8 Å². The Labute approximate surface area is 276 Å². The summed E-state index contributed by atoms with van der Waals surface area (Å²) in [6.45, 7) is 1.54. The number of nitrogens with two attached hydrogens (primary N) is 1. The van der Waals surface area contributed by atoms with Crippen molar-refractivity contribution in [3.05, 3.63) is 125 Å². The van der Waals surface area contributed by atoms with Gasteiger partial charge in [0.05, 0.1) is 30.2 Å². The maximum absolute atomic E-state index is 12.6. The van der Waals surface area contributed by atoms with Gasteiger partial charge in [-0.15, -0.1) is 0 Å². The Bertz CT molecular complexity index is 1580. The minimum Gasteiger partial charge on any atom is -0.397 e. The van der Waals surface area contributed by atoms with Crippen LogP contribution >= 0.6 is 0 Å². The van der Waals surface area contributed by atoms with E-state index in [4.69, 9.17) is 15.2 Å². The number of para-hydroxylation sites is 2. The van der Waals surface area contributed by atoms with Gasteiger partial charge in [0.1, 0.15) is 0 Å². The number of carbonyl (C=O) groups excluding carboxylic acids is 2. The van der Waals surface area contributed by atoms with Crippen LogP contribution in [0.25, 0.3) is 0 Å². The monoisotopic (exact) mass is 636 g/mol. The van der Waals surface area contributed by atoms with Crippen molar-refractivity contribution in [3.63, 3.8) is 0 Å². The first kappa shape index (κ1) is 33.8. The predicted molar refractivity (Wildman–Crippen MR) is 184 cm³/mol. The molecule has 9 heteroatoms. The van der Waals surface area contributed by atoms with E-state index in [1.165, 1.54) is 5.56 Å². The summed E-state index contributed by atoms with van der Waals surface area (Å²) in [5, 5.41) is 15.3. The van der Waals surface area contributed by atoms with Gasteiger partial charge >= 0.3 is 0 Å². The molecule has 4 aromatic rings. The van der Waals surface area contributed by atoms with Gasteiger partial charge in [0.2, 0.25) is 11.8 Å². The van der Waals surface area contributed by atoms with Crippen LogP contribution in [0, 0.1) is 0 Å². The molecule has 4 aromatic carbocycles. The number of benzene rings is 4. The number of likely N-dealkylation sites (N-methyl/N-ethyl adjacent to an activating group) is 1. The van der Waals surface area contributed by atoms with Gasteiger partial charge < -0.3 is 30.9 Å². The first-order valence-corrected chi connectivity index (χ1v) is 16.1. The zero-order chi connectivity index (χ0) is 33.0. The summed E-state index contributed by atoms with van der Waals surface area (Å²) in [4.78, 5) is 27.1. The lowest BCUT2D eigenvalue weighted by Gasteiger charge is -2.38. The Balaban J connectivity index is 1.14. The summed E-state index contributed by atoms with van der Waals surface area (Å²) < 4.78 is 13.0. The highest BCUT2D eigenvalue weighted by Gasteiger charge is 2.32. The number of hydrogen-bond acceptors (Lipinski definition) is 7. The van der Waals surface area contributed by atoms with Gasteiger partial charge in [0, 0.05) is 43.6 Å². The minimum absolute atomic E-state index is 0.00479. The van der Waals surface area contributed by atoms with Crippen molar-refractivity contribution < 1.29 is 24.2 Å². The van der Waals surface area contributed by atoms with Crippen molar-refractivity contribution in [1.29, 1.82) is 0 Å². The molecule has 1 aliphatic heterocycles. The van der Waals surface area contributed by atoms with Crippen molar-refractivity contribution >= 4 is 28.9 Å². The highest BCUT2D eigenvalue weighted by atomic mass is 16.7. The number of unbranched alkanes of at least 4 members (excludes halogenated alkanes) is 1. The van der Waals surface area contributed by atoms with Crippen LogP contribution in [0.4, 0.5) is 17.1 Å². The van der Waals surface area contributed by atoms with Gasteiger partial charge in [-0.1, -0.05) is 78.9 Å². The van der Waals surface area contributed by atoms with Crippen LogP contribution < -0.4 is 16.4 Å². The largest absolute Gasteiger partial charge is 0.397 e. The number of nitrogens with one attached hydrogen (secondary N) is 2. The zero-order valence-corrected chi connectivity index (χ0v) is 26.8. The van der Waals surface area contributed by atoms with E-state index < -0.39 is 6.29 Å². The first-order chi connectivity index (χ1) is 22.9. The molecule has 2 amide bonds. The molecule has 47 heavy (non-hydrogen) atoms. The SMILES string of the molecule is CN(Cc1ccccc1)C[C@@H]1C[C@H](c2ccc(CO)cc2)O[C@H](c2ccc(NC(=O)CCCCC(=O)Nc3ccccc3N)cc2)O1. The maximum Gasteiger partial charge on any atom is 0.224 e. The van der Waals surface area contributed by atoms with E-state index in [9.17, 15) is 14.7 Å². The lowest BCUT2D eigenvalue weighted by molar-refractivity contribution is -0.252. The van der Waals surface area contributed by atoms with Crippen LogP contribution in [0.2, 0.25) is 0 Å². The van der Waals surface area contributed by atoms with E-state index in [0.29, 0.717) is 49.2 Å². The molecule has 3 atom stereocenters. The molecule has 0 saturated carbocycles. The summed E-state index contributed by atoms with van der Waals surface area (Å²) in [6, 6.07) is 32.9. The Morgan fingerprint density at radius 1 is 0.787 bits per heavy atom. The maximum atomic E-state index is 12.6. The second kappa shape index (κ2) is 16.9. The summed E-state index contributed by atoms with van der Waals surface area (Å²) in [6.07, 6.45) is 1.67. The summed E-state index contributed by atoms with van der Waals surface area (Å²) >= 11 is 0. The Morgan fingerprint density at radius 3 is 2.11 bits per heavy atom. The number of hydrogen-bond donors (Lipinski definition) is 4. The number of amides is 2. The predicted octanol–water partition coefficient (Wildman–Crippen LogP) is 6.58. The van der Waals surface area contributed by atoms with Crippen LogP contribution in [-0.2, 0) is 32.2 Å². The second-order valence-electron chi connectivity index (χ2n) is 12.0. The average Bonchev–Trinajstić information content (AvgIpc) is 3.08. The van der Waals surface area contributed by atoms with Crippen LogP contribution in [0.15, 0.2) is 103 Å². The van der Waals surface area contributed by atoms with Crippen molar-refractivity contribution in [2.45, 2.75) is 63.8 Å². The average molecular weight is 637 g/mol. The fourth-order valence-corrected chi connectivity index (χ4v) is 5.68. The van der Waals surface area contributed by atoms with E-state index in [-0.39, 0.29) is 30.6 Å². The van der Waals surface area contributed by atoms with Gasteiger partial charge in [-0.3, -0.25) is 14.5 Å². The van der Waals surface area contributed by atoms with Crippen molar-refractivity contribution in [1.82, 2.24) is 4.90 Å². The quantitative estimate of drug-likeness (QED) is 0.0911. The number of nitrogens with zero attached hydrogens (tertiary/aromatic N) is 1. The Hall–Kier alpha value is -4.54. The van der Waals surface area contributed by atoms with Gasteiger partial charge in [-0.25, -0.2) is 0 Å². The molecule has 0 unspecified atom stereocenters. The highest BCUT2D eigenvalue weighted by Crippen LogP contribution is 2.38. The van der Waals surface area contributed by atoms with E-state index in [2.05, 4.69) is 34.7 Å². The number of nitrogen functional groups attached to an aromatic ring is 1. The van der Waals surface area contributed by atoms with E-state index in [0.717, 1.165) is 29.8 Å². The van der Waals surface area contributed by atoms with Crippen LogP contribution in [0.5, 0.6) is 0 Å². The smallest absolute Gasteiger partial charge is 0.224 e. The number of aliphatic hydroxyl groups is 1. The fraction of sp³-hybridized carbons (Fsp3) is 0.316. The standard InChI is InChI=1S/C38H44N4O5/c1-42(24-27-9-3-2-4-10-27)25-32-23-35(29-17-15-28(26-43)16-18-29)47-38(46-32)30-19-21-31(22-20-30)40-36(44)13-7-8-14-37(45)41-34-12-6-5-11-33(34)39/h2-6,9-12,15-22,32,35,38,43H,7-8,13-14,23-26,39H2,1H3,(H,40,44)(H,41,45)/t32-,35+,38+/m0/s1. The van der Waals surface area contributed by atoms with Gasteiger partial charge in [-0.2, -0.15) is 0 Å². The van der Waals surface area contributed by atoms with E-state index >= 15 is 0 Å². The normalized spacial score (nSPS) is 17.7. The lowest BCUT2D eigenvalue weighted by Crippen LogP contribution is -2.37. The number of ether oxygens (including phenoxy) is 2. The second-order valence-corrected chi connectivity index (χ2v) is 12.0. The molecule has 0 aromatic heterocycles. The molecule has 1 aliphatic rings. The molecule has 0 aliphatic carbocycles. The lowest BCUT2D eigenvalue weighted by atomic mass is 9.99. The minimum atomic E-state index is -0.580. The molecule has 0 bridgehead atoms. The topological polar surface area (TPSA) is 126 Å². The van der Waals surface area contributed by atoms with Crippen LogP contribution in [0.1, 0.15) is 66.8 Å². The molecule has 1 heterocycles. The van der Waals surface area contributed by atoms with Gasteiger partial charge in [0.25, 0.3) is 0 Å². The number of carbonyl (C=O) groups is 2.